The highest BCUT2D eigenvalue weighted by atomic mass is 32.2. The molecule has 8 nitrogen and oxygen atoms in total. The predicted octanol–water partition coefficient (Wildman–Crippen LogP) is 3.63. The van der Waals surface area contributed by atoms with Crippen LogP contribution in [-0.4, -0.2) is 52.1 Å². The monoisotopic (exact) mass is 486 g/mol. The summed E-state index contributed by atoms with van der Waals surface area (Å²) in [5.74, 6) is -1.53. The van der Waals surface area contributed by atoms with Gasteiger partial charge >= 0.3 is 0 Å². The summed E-state index contributed by atoms with van der Waals surface area (Å²) in [5.41, 5.74) is 0.750. The normalized spacial score (nSPS) is 16.6. The summed E-state index contributed by atoms with van der Waals surface area (Å²) in [7, 11) is 3.60. The minimum Gasteiger partial charge on any atom is -0.342 e. The smallest absolute Gasteiger partial charge is 0.254 e. The van der Waals surface area contributed by atoms with Gasteiger partial charge in [-0.15, -0.1) is 0 Å². The lowest BCUT2D eigenvalue weighted by atomic mass is 10.0. The summed E-state index contributed by atoms with van der Waals surface area (Å²) in [5, 5.41) is 3.07. The first-order valence-corrected chi connectivity index (χ1v) is 11.6. The molecule has 4 rings (SSSR count). The third-order valence-electron chi connectivity index (χ3n) is 5.71. The Bertz CT molecular complexity index is 1240. The maximum atomic E-state index is 14.5. The number of nitrogens with zero attached hydrogens (tertiary/aromatic N) is 5. The molecule has 0 spiro atoms. The molecular formula is C23H24F2N6O2S. The quantitative estimate of drug-likeness (QED) is 0.573. The van der Waals surface area contributed by atoms with Gasteiger partial charge in [-0.1, -0.05) is 13.0 Å². The van der Waals surface area contributed by atoms with E-state index in [4.69, 9.17) is 0 Å². The van der Waals surface area contributed by atoms with Crippen LogP contribution in [0.1, 0.15) is 18.5 Å². The Labute approximate surface area is 198 Å². The third-order valence-corrected chi connectivity index (χ3v) is 7.21. The van der Waals surface area contributed by atoms with Gasteiger partial charge in [0.2, 0.25) is 5.95 Å². The van der Waals surface area contributed by atoms with Crippen molar-refractivity contribution in [2.24, 2.45) is 0 Å². The Balaban J connectivity index is 1.64. The van der Waals surface area contributed by atoms with Crippen molar-refractivity contribution >= 4 is 40.0 Å². The van der Waals surface area contributed by atoms with Crippen molar-refractivity contribution in [1.29, 1.82) is 0 Å². The molecule has 0 aliphatic carbocycles. The Morgan fingerprint density at radius 3 is 2.38 bits per heavy atom. The maximum Gasteiger partial charge on any atom is 0.254 e. The van der Waals surface area contributed by atoms with Crippen LogP contribution < -0.4 is 15.1 Å². The van der Waals surface area contributed by atoms with Crippen molar-refractivity contribution in [3.63, 3.8) is 0 Å². The van der Waals surface area contributed by atoms with Crippen LogP contribution in [0.3, 0.4) is 0 Å². The minimum absolute atomic E-state index is 0.237. The molecule has 1 aliphatic heterocycles. The van der Waals surface area contributed by atoms with Crippen molar-refractivity contribution in [1.82, 2.24) is 14.3 Å². The lowest BCUT2D eigenvalue weighted by Gasteiger charge is -2.38. The van der Waals surface area contributed by atoms with Gasteiger partial charge in [0.15, 0.2) is 5.82 Å². The van der Waals surface area contributed by atoms with Crippen molar-refractivity contribution in [2.45, 2.75) is 17.9 Å². The zero-order chi connectivity index (χ0) is 24.6. The van der Waals surface area contributed by atoms with Gasteiger partial charge in [0.25, 0.3) is 5.91 Å². The Morgan fingerprint density at radius 2 is 1.76 bits per heavy atom. The molecule has 1 amide bonds. The van der Waals surface area contributed by atoms with Gasteiger partial charge in [0.1, 0.15) is 34.3 Å². The third kappa shape index (κ3) is 4.24. The molecule has 2 unspecified atom stereocenters. The zero-order valence-corrected chi connectivity index (χ0v) is 19.9. The molecule has 0 saturated carbocycles. The molecule has 2 aromatic carbocycles. The molecule has 3 aromatic rings. The van der Waals surface area contributed by atoms with Gasteiger partial charge in [0, 0.05) is 33.4 Å². The maximum absolute atomic E-state index is 14.5. The van der Waals surface area contributed by atoms with E-state index in [1.54, 1.807) is 42.7 Å². The predicted molar refractivity (Wildman–Crippen MR) is 127 cm³/mol. The van der Waals surface area contributed by atoms with Crippen molar-refractivity contribution in [2.75, 3.05) is 42.8 Å². The second-order valence-corrected chi connectivity index (χ2v) is 9.38. The number of likely N-dealkylation sites (N-methyl/N-ethyl adjacent to an activating group) is 2. The number of nitrogens with one attached hydrogen (secondary N) is 1. The van der Waals surface area contributed by atoms with Gasteiger partial charge in [-0.2, -0.15) is 4.98 Å². The summed E-state index contributed by atoms with van der Waals surface area (Å²) >= 11 is 0. The number of anilines is 4. The minimum atomic E-state index is -1.25. The van der Waals surface area contributed by atoms with E-state index in [-0.39, 0.29) is 11.5 Å². The van der Waals surface area contributed by atoms with Crippen LogP contribution in [0.2, 0.25) is 0 Å². The summed E-state index contributed by atoms with van der Waals surface area (Å²) in [6, 6.07) is 9.30. The van der Waals surface area contributed by atoms with Crippen molar-refractivity contribution in [3.8, 4) is 0 Å². The molecular weight excluding hydrogens is 462 g/mol. The van der Waals surface area contributed by atoms with E-state index in [0.29, 0.717) is 28.6 Å². The Kier molecular flexibility index (Phi) is 6.58. The van der Waals surface area contributed by atoms with E-state index >= 15 is 0 Å². The zero-order valence-electron chi connectivity index (χ0n) is 19.1. The number of benzene rings is 2. The molecule has 1 N–H and O–H groups in total. The van der Waals surface area contributed by atoms with Crippen LogP contribution in [0.4, 0.5) is 31.9 Å². The summed E-state index contributed by atoms with van der Waals surface area (Å²) in [4.78, 5) is 25.2. The molecule has 0 fully saturated rings. The van der Waals surface area contributed by atoms with E-state index in [1.165, 1.54) is 29.1 Å². The molecule has 0 saturated heterocycles. The fourth-order valence-electron chi connectivity index (χ4n) is 3.68. The van der Waals surface area contributed by atoms with Crippen LogP contribution in [-0.2, 0) is 15.8 Å². The van der Waals surface area contributed by atoms with Crippen LogP contribution in [0.25, 0.3) is 0 Å². The standard InChI is InChI=1S/C23H24F2N6O2S/c1-5-29(2)34(33)15-11-9-14(10-12-15)27-23-26-13-18-21(28-23)31(4)20(22(32)30(18)3)19-16(24)7-6-8-17(19)25/h6-13,20H,5H2,1-4H3,(H,26,27,28). The fourth-order valence-corrected chi connectivity index (χ4v) is 4.65. The molecule has 34 heavy (non-hydrogen) atoms. The molecule has 2 heterocycles. The summed E-state index contributed by atoms with van der Waals surface area (Å²) in [6.07, 6.45) is 1.48. The molecule has 2 atom stereocenters. The topological polar surface area (TPSA) is 81.7 Å². The number of carbonyl (C=O) groups excluding carboxylic acids is 1. The lowest BCUT2D eigenvalue weighted by molar-refractivity contribution is -0.120. The van der Waals surface area contributed by atoms with E-state index in [2.05, 4.69) is 15.3 Å². The second kappa shape index (κ2) is 9.43. The van der Waals surface area contributed by atoms with Crippen LogP contribution in [0, 0.1) is 11.6 Å². The summed E-state index contributed by atoms with van der Waals surface area (Å²) in [6.45, 7) is 2.58. The van der Waals surface area contributed by atoms with E-state index in [1.807, 2.05) is 6.92 Å². The average molecular weight is 487 g/mol. The van der Waals surface area contributed by atoms with Gasteiger partial charge in [-0.25, -0.2) is 22.3 Å². The van der Waals surface area contributed by atoms with Gasteiger partial charge in [0.05, 0.1) is 16.7 Å². The van der Waals surface area contributed by atoms with Gasteiger partial charge < -0.3 is 15.1 Å². The Hall–Kier alpha value is -3.44. The first kappa shape index (κ1) is 23.7. The highest BCUT2D eigenvalue weighted by Crippen LogP contribution is 2.40. The molecule has 1 aromatic heterocycles. The number of hydrogen-bond acceptors (Lipinski definition) is 6. The largest absolute Gasteiger partial charge is 0.342 e. The van der Waals surface area contributed by atoms with Gasteiger partial charge in [-0.3, -0.25) is 4.79 Å². The number of aromatic nitrogens is 2. The molecule has 0 bridgehead atoms. The SMILES string of the molecule is CCN(C)S(=O)c1ccc(Nc2ncc3c(n2)N(C)C(c2c(F)cccc2F)C(=O)N3C)cc1. The molecule has 1 aliphatic rings. The van der Waals surface area contributed by atoms with E-state index in [0.717, 1.165) is 12.1 Å². The van der Waals surface area contributed by atoms with E-state index < -0.39 is 34.6 Å². The average Bonchev–Trinajstić information content (AvgIpc) is 2.84. The van der Waals surface area contributed by atoms with Crippen molar-refractivity contribution in [3.05, 3.63) is 65.9 Å². The first-order chi connectivity index (χ1) is 16.2. The molecule has 178 valence electrons. The number of rotatable bonds is 6. The van der Waals surface area contributed by atoms with Crippen LogP contribution >= 0.6 is 0 Å². The highest BCUT2D eigenvalue weighted by molar-refractivity contribution is 7.82. The fraction of sp³-hybridized carbons (Fsp3) is 0.261. The molecule has 0 radical (unpaired) electrons. The second-order valence-electron chi connectivity index (χ2n) is 7.79. The van der Waals surface area contributed by atoms with Crippen LogP contribution in [0.15, 0.2) is 53.6 Å². The highest BCUT2D eigenvalue weighted by Gasteiger charge is 2.40. The number of fused-ring (bicyclic) bond motifs is 1. The lowest BCUT2D eigenvalue weighted by Crippen LogP contribution is -2.46. The number of hydrogen-bond donors (Lipinski definition) is 1. The summed E-state index contributed by atoms with van der Waals surface area (Å²) < 4.78 is 43.1. The number of halogens is 2. The van der Waals surface area contributed by atoms with Crippen molar-refractivity contribution < 1.29 is 17.8 Å². The van der Waals surface area contributed by atoms with Gasteiger partial charge in [-0.05, 0) is 36.4 Å². The number of amides is 1. The van der Waals surface area contributed by atoms with E-state index in [9.17, 15) is 17.8 Å². The Morgan fingerprint density at radius 1 is 1.12 bits per heavy atom. The molecule has 11 heteroatoms. The number of carbonyl (C=O) groups is 1. The first-order valence-electron chi connectivity index (χ1n) is 10.5. The van der Waals surface area contributed by atoms with Crippen LogP contribution in [0.5, 0.6) is 0 Å².